The first-order valence-corrected chi connectivity index (χ1v) is 10.9. The van der Waals surface area contributed by atoms with E-state index in [0.29, 0.717) is 23.6 Å². The van der Waals surface area contributed by atoms with Crippen LogP contribution >= 0.6 is 0 Å². The first kappa shape index (κ1) is 20.3. The van der Waals surface area contributed by atoms with Crippen LogP contribution < -0.4 is 18.9 Å². The quantitative estimate of drug-likeness (QED) is 0.674. The third kappa shape index (κ3) is 4.90. The fourth-order valence-electron chi connectivity index (χ4n) is 3.23. The van der Waals surface area contributed by atoms with Gasteiger partial charge in [-0.15, -0.1) is 0 Å². The molecular formula is C21H27NO5S. The normalized spacial score (nSPS) is 14.9. The number of aryl methyl sites for hydroxylation is 1. The predicted octanol–water partition coefficient (Wildman–Crippen LogP) is 3.93. The fourth-order valence-corrected chi connectivity index (χ4v) is 4.34. The van der Waals surface area contributed by atoms with Gasteiger partial charge in [-0.25, -0.2) is 8.42 Å². The molecule has 0 amide bonds. The van der Waals surface area contributed by atoms with E-state index in [1.54, 1.807) is 12.1 Å². The molecule has 0 saturated heterocycles. The maximum atomic E-state index is 12.4. The monoisotopic (exact) mass is 405 g/mol. The van der Waals surface area contributed by atoms with Gasteiger partial charge >= 0.3 is 0 Å². The van der Waals surface area contributed by atoms with Gasteiger partial charge in [-0.1, -0.05) is 18.2 Å². The highest BCUT2D eigenvalue weighted by atomic mass is 32.2. The number of rotatable bonds is 8. The van der Waals surface area contributed by atoms with Crippen LogP contribution in [0.25, 0.3) is 0 Å². The number of fused-ring (bicyclic) bond motifs is 1. The number of anilines is 1. The molecule has 1 aliphatic heterocycles. The lowest BCUT2D eigenvalue weighted by atomic mass is 10.0. The second kappa shape index (κ2) is 7.91. The molecule has 152 valence electrons. The molecule has 0 aliphatic carbocycles. The van der Waals surface area contributed by atoms with Gasteiger partial charge in [0.2, 0.25) is 10.0 Å². The lowest BCUT2D eigenvalue weighted by Crippen LogP contribution is -2.24. The van der Waals surface area contributed by atoms with Crippen molar-refractivity contribution < 1.29 is 22.6 Å². The molecule has 0 radical (unpaired) electrons. The van der Waals surface area contributed by atoms with Crippen LogP contribution in [-0.4, -0.2) is 33.5 Å². The summed E-state index contributed by atoms with van der Waals surface area (Å²) in [5.41, 5.74) is 2.30. The second-order valence-corrected chi connectivity index (χ2v) is 9.45. The maximum absolute atomic E-state index is 12.4. The summed E-state index contributed by atoms with van der Waals surface area (Å²) in [6.45, 7) is 6.28. The summed E-state index contributed by atoms with van der Waals surface area (Å²) < 4.78 is 44.4. The van der Waals surface area contributed by atoms with Crippen molar-refractivity contribution in [2.24, 2.45) is 0 Å². The number of ether oxygens (including phenoxy) is 3. The van der Waals surface area contributed by atoms with Crippen LogP contribution in [0.4, 0.5) is 5.69 Å². The standard InChI is InChI=1S/C21H27NO5S/c1-15-9-10-17(19(13-15)25-4)22-28(23,24)12-6-11-26-18-8-5-7-16-14-21(2,3)27-20(16)18/h5,7-10,13,22H,6,11-12,14H2,1-4H3. The lowest BCUT2D eigenvalue weighted by molar-refractivity contribution is 0.132. The number of nitrogens with one attached hydrogen (secondary N) is 1. The van der Waals surface area contributed by atoms with E-state index in [0.717, 1.165) is 23.3 Å². The van der Waals surface area contributed by atoms with E-state index in [9.17, 15) is 8.42 Å². The molecule has 0 unspecified atom stereocenters. The summed E-state index contributed by atoms with van der Waals surface area (Å²) in [6, 6.07) is 11.1. The number of benzene rings is 2. The first-order chi connectivity index (χ1) is 13.2. The summed E-state index contributed by atoms with van der Waals surface area (Å²) in [5, 5.41) is 0. The lowest BCUT2D eigenvalue weighted by Gasteiger charge is -2.18. The molecule has 7 heteroatoms. The zero-order valence-electron chi connectivity index (χ0n) is 16.7. The Balaban J connectivity index is 1.55. The zero-order valence-corrected chi connectivity index (χ0v) is 17.6. The van der Waals surface area contributed by atoms with Gasteiger partial charge in [0.05, 0.1) is 25.2 Å². The molecule has 28 heavy (non-hydrogen) atoms. The number of hydrogen-bond donors (Lipinski definition) is 1. The molecule has 0 aromatic heterocycles. The highest BCUT2D eigenvalue weighted by Gasteiger charge is 2.32. The number of hydrogen-bond acceptors (Lipinski definition) is 5. The van der Waals surface area contributed by atoms with Gasteiger partial charge in [-0.2, -0.15) is 0 Å². The van der Waals surface area contributed by atoms with Crippen LogP contribution in [-0.2, 0) is 16.4 Å². The Morgan fingerprint density at radius 3 is 2.71 bits per heavy atom. The number of para-hydroxylation sites is 1. The van der Waals surface area contributed by atoms with E-state index in [4.69, 9.17) is 14.2 Å². The Labute approximate surface area is 166 Å². The van der Waals surface area contributed by atoms with Crippen molar-refractivity contribution in [3.05, 3.63) is 47.5 Å². The summed E-state index contributed by atoms with van der Waals surface area (Å²) >= 11 is 0. The smallest absolute Gasteiger partial charge is 0.232 e. The van der Waals surface area contributed by atoms with E-state index < -0.39 is 10.0 Å². The maximum Gasteiger partial charge on any atom is 0.232 e. The van der Waals surface area contributed by atoms with Crippen molar-refractivity contribution >= 4 is 15.7 Å². The Kier molecular flexibility index (Phi) is 5.74. The van der Waals surface area contributed by atoms with E-state index >= 15 is 0 Å². The minimum absolute atomic E-state index is 0.0502. The van der Waals surface area contributed by atoms with Crippen LogP contribution in [0.1, 0.15) is 31.4 Å². The summed E-state index contributed by atoms with van der Waals surface area (Å²) in [5.74, 6) is 1.87. The van der Waals surface area contributed by atoms with Crippen LogP contribution in [0.3, 0.4) is 0 Å². The van der Waals surface area contributed by atoms with Gasteiger partial charge in [0.25, 0.3) is 0 Å². The van der Waals surface area contributed by atoms with Crippen molar-refractivity contribution in [2.75, 3.05) is 24.2 Å². The van der Waals surface area contributed by atoms with E-state index in [1.165, 1.54) is 7.11 Å². The molecular weight excluding hydrogens is 378 g/mol. The molecule has 0 atom stereocenters. The Hall–Kier alpha value is -2.41. The average Bonchev–Trinajstić information content (AvgIpc) is 2.94. The fraction of sp³-hybridized carbons (Fsp3) is 0.429. The Morgan fingerprint density at radius 2 is 1.96 bits per heavy atom. The molecule has 0 spiro atoms. The van der Waals surface area contributed by atoms with Crippen molar-refractivity contribution in [2.45, 2.75) is 39.2 Å². The van der Waals surface area contributed by atoms with Crippen molar-refractivity contribution in [3.8, 4) is 17.2 Å². The van der Waals surface area contributed by atoms with Crippen LogP contribution in [0.2, 0.25) is 0 Å². The molecule has 1 aliphatic rings. The Morgan fingerprint density at radius 1 is 1.18 bits per heavy atom. The van der Waals surface area contributed by atoms with Crippen molar-refractivity contribution in [1.82, 2.24) is 0 Å². The Bertz CT molecular complexity index is 953. The summed E-state index contributed by atoms with van der Waals surface area (Å²) in [7, 11) is -1.99. The molecule has 1 heterocycles. The second-order valence-electron chi connectivity index (χ2n) is 7.61. The minimum Gasteiger partial charge on any atom is -0.495 e. The van der Waals surface area contributed by atoms with Crippen LogP contribution in [0.15, 0.2) is 36.4 Å². The van der Waals surface area contributed by atoms with E-state index in [1.807, 2.05) is 45.0 Å². The zero-order chi connectivity index (χ0) is 20.4. The molecule has 2 aromatic carbocycles. The highest BCUT2D eigenvalue weighted by molar-refractivity contribution is 7.92. The largest absolute Gasteiger partial charge is 0.495 e. The predicted molar refractivity (Wildman–Crippen MR) is 110 cm³/mol. The van der Waals surface area contributed by atoms with Crippen molar-refractivity contribution in [1.29, 1.82) is 0 Å². The van der Waals surface area contributed by atoms with Gasteiger partial charge < -0.3 is 14.2 Å². The van der Waals surface area contributed by atoms with Crippen LogP contribution in [0, 0.1) is 6.92 Å². The van der Waals surface area contributed by atoms with Crippen LogP contribution in [0.5, 0.6) is 17.2 Å². The molecule has 2 aromatic rings. The van der Waals surface area contributed by atoms with E-state index in [2.05, 4.69) is 4.72 Å². The molecule has 0 fully saturated rings. The number of methoxy groups -OCH3 is 1. The van der Waals surface area contributed by atoms with Gasteiger partial charge in [0.1, 0.15) is 11.4 Å². The SMILES string of the molecule is COc1cc(C)ccc1NS(=O)(=O)CCCOc1cccc2c1OC(C)(C)C2. The third-order valence-electron chi connectivity index (χ3n) is 4.49. The topological polar surface area (TPSA) is 73.9 Å². The van der Waals surface area contributed by atoms with Gasteiger partial charge in [-0.3, -0.25) is 4.72 Å². The minimum atomic E-state index is -3.51. The van der Waals surface area contributed by atoms with Gasteiger partial charge in [0.15, 0.2) is 11.5 Å². The van der Waals surface area contributed by atoms with Crippen molar-refractivity contribution in [3.63, 3.8) is 0 Å². The van der Waals surface area contributed by atoms with E-state index in [-0.39, 0.29) is 18.0 Å². The van der Waals surface area contributed by atoms with Gasteiger partial charge in [-0.05, 0) is 51.0 Å². The summed E-state index contributed by atoms with van der Waals surface area (Å²) in [6.07, 6.45) is 1.19. The first-order valence-electron chi connectivity index (χ1n) is 9.28. The number of sulfonamides is 1. The molecule has 1 N–H and O–H groups in total. The highest BCUT2D eigenvalue weighted by Crippen LogP contribution is 2.41. The summed E-state index contributed by atoms with van der Waals surface area (Å²) in [4.78, 5) is 0. The molecule has 6 nitrogen and oxygen atoms in total. The average molecular weight is 406 g/mol. The molecule has 0 bridgehead atoms. The third-order valence-corrected chi connectivity index (χ3v) is 5.85. The molecule has 0 saturated carbocycles. The van der Waals surface area contributed by atoms with Gasteiger partial charge in [0, 0.05) is 12.0 Å². The molecule has 3 rings (SSSR count).